The molecule has 1 fully saturated rings. The highest BCUT2D eigenvalue weighted by atomic mass is 16.5. The summed E-state index contributed by atoms with van der Waals surface area (Å²) < 4.78 is 5.89. The third-order valence-corrected chi connectivity index (χ3v) is 2.69. The van der Waals surface area contributed by atoms with Crippen LogP contribution in [-0.4, -0.2) is 13.2 Å². The van der Waals surface area contributed by atoms with Gasteiger partial charge >= 0.3 is 0 Å². The zero-order chi connectivity index (χ0) is 9.80. The van der Waals surface area contributed by atoms with Gasteiger partial charge in [-0.2, -0.15) is 0 Å². The van der Waals surface area contributed by atoms with E-state index in [1.807, 2.05) is 13.1 Å². The van der Waals surface area contributed by atoms with Crippen LogP contribution in [0.25, 0.3) is 0 Å². The number of benzene rings is 1. The van der Waals surface area contributed by atoms with Gasteiger partial charge in [0.25, 0.3) is 0 Å². The molecule has 2 heteroatoms. The van der Waals surface area contributed by atoms with E-state index in [-0.39, 0.29) is 0 Å². The van der Waals surface area contributed by atoms with Crippen molar-refractivity contribution in [2.24, 2.45) is 0 Å². The van der Waals surface area contributed by atoms with Gasteiger partial charge in [-0.3, -0.25) is 0 Å². The first-order chi connectivity index (χ1) is 6.90. The normalized spacial score (nSPS) is 16.4. The van der Waals surface area contributed by atoms with Crippen molar-refractivity contribution in [1.29, 1.82) is 0 Å². The Kier molecular flexibility index (Phi) is 3.04. The van der Waals surface area contributed by atoms with Gasteiger partial charge in [0.1, 0.15) is 5.75 Å². The fraction of sp³-hybridized carbons (Fsp3) is 0.500. The Labute approximate surface area is 85.3 Å². The fourth-order valence-electron chi connectivity index (χ4n) is 1.62. The maximum Gasteiger partial charge on any atom is 0.124 e. The molecule has 14 heavy (non-hydrogen) atoms. The Morgan fingerprint density at radius 2 is 2.14 bits per heavy atom. The average molecular weight is 191 g/mol. The van der Waals surface area contributed by atoms with Crippen LogP contribution >= 0.6 is 0 Å². The molecule has 0 bridgehead atoms. The van der Waals surface area contributed by atoms with Crippen LogP contribution in [0.2, 0.25) is 0 Å². The first kappa shape index (κ1) is 9.53. The summed E-state index contributed by atoms with van der Waals surface area (Å²) in [4.78, 5) is 0. The van der Waals surface area contributed by atoms with Gasteiger partial charge < -0.3 is 10.1 Å². The van der Waals surface area contributed by atoms with E-state index in [0.717, 1.165) is 12.3 Å². The molecule has 1 aliphatic rings. The number of ether oxygens (including phenoxy) is 1. The van der Waals surface area contributed by atoms with E-state index >= 15 is 0 Å². The average Bonchev–Trinajstić information content (AvgIpc) is 2.14. The predicted molar refractivity (Wildman–Crippen MR) is 57.5 cm³/mol. The molecule has 0 spiro atoms. The summed E-state index contributed by atoms with van der Waals surface area (Å²) in [7, 11) is 1.96. The Morgan fingerprint density at radius 3 is 2.79 bits per heavy atom. The van der Waals surface area contributed by atoms with Crippen LogP contribution in [-0.2, 0) is 6.54 Å². The quantitative estimate of drug-likeness (QED) is 0.788. The molecule has 1 N–H and O–H groups in total. The Bertz CT molecular complexity index is 294. The second-order valence-electron chi connectivity index (χ2n) is 3.81. The van der Waals surface area contributed by atoms with E-state index in [2.05, 4.69) is 23.5 Å². The monoisotopic (exact) mass is 191 g/mol. The number of nitrogens with one attached hydrogen (secondary N) is 1. The van der Waals surface area contributed by atoms with Crippen molar-refractivity contribution in [3.8, 4) is 5.75 Å². The third kappa shape index (κ3) is 2.07. The van der Waals surface area contributed by atoms with E-state index in [1.165, 1.54) is 24.8 Å². The van der Waals surface area contributed by atoms with Crippen LogP contribution < -0.4 is 10.1 Å². The molecule has 1 aromatic rings. The Morgan fingerprint density at radius 1 is 1.36 bits per heavy atom. The first-order valence-electron chi connectivity index (χ1n) is 5.29. The number of hydrogen-bond donors (Lipinski definition) is 1. The van der Waals surface area contributed by atoms with Crippen molar-refractivity contribution in [2.45, 2.75) is 31.9 Å². The maximum absolute atomic E-state index is 5.89. The summed E-state index contributed by atoms with van der Waals surface area (Å²) in [5.74, 6) is 1.05. The van der Waals surface area contributed by atoms with Gasteiger partial charge in [-0.1, -0.05) is 18.2 Å². The first-order valence-corrected chi connectivity index (χ1v) is 5.29. The lowest BCUT2D eigenvalue weighted by molar-refractivity contribution is 0.119. The zero-order valence-electron chi connectivity index (χ0n) is 8.62. The molecule has 0 aliphatic heterocycles. The third-order valence-electron chi connectivity index (χ3n) is 2.69. The second-order valence-corrected chi connectivity index (χ2v) is 3.81. The van der Waals surface area contributed by atoms with Crippen molar-refractivity contribution < 1.29 is 4.74 Å². The van der Waals surface area contributed by atoms with Crippen LogP contribution in [0.5, 0.6) is 5.75 Å². The molecule has 0 amide bonds. The van der Waals surface area contributed by atoms with Gasteiger partial charge in [-0.25, -0.2) is 0 Å². The Balaban J connectivity index is 2.05. The summed E-state index contributed by atoms with van der Waals surface area (Å²) >= 11 is 0. The minimum absolute atomic E-state index is 0.466. The molecule has 1 saturated carbocycles. The summed E-state index contributed by atoms with van der Waals surface area (Å²) in [6, 6.07) is 8.27. The van der Waals surface area contributed by atoms with Crippen molar-refractivity contribution in [3.63, 3.8) is 0 Å². The molecule has 0 saturated heterocycles. The molecule has 0 aromatic heterocycles. The van der Waals surface area contributed by atoms with Crippen LogP contribution in [0.15, 0.2) is 24.3 Å². The summed E-state index contributed by atoms with van der Waals surface area (Å²) in [6.45, 7) is 0.878. The smallest absolute Gasteiger partial charge is 0.124 e. The lowest BCUT2D eigenvalue weighted by Gasteiger charge is -2.27. The van der Waals surface area contributed by atoms with E-state index in [1.54, 1.807) is 0 Å². The number of para-hydroxylation sites is 1. The summed E-state index contributed by atoms with van der Waals surface area (Å²) in [5, 5.41) is 3.15. The number of rotatable bonds is 4. The molecule has 76 valence electrons. The SMILES string of the molecule is CNCc1ccccc1OC1CCC1. The van der Waals surface area contributed by atoms with E-state index in [0.29, 0.717) is 6.10 Å². The van der Waals surface area contributed by atoms with Crippen LogP contribution in [0.1, 0.15) is 24.8 Å². The fourth-order valence-corrected chi connectivity index (χ4v) is 1.62. The summed E-state index contributed by atoms with van der Waals surface area (Å²) in [5.41, 5.74) is 1.25. The highest BCUT2D eigenvalue weighted by Gasteiger charge is 2.19. The molecule has 0 radical (unpaired) electrons. The molecule has 0 heterocycles. The topological polar surface area (TPSA) is 21.3 Å². The van der Waals surface area contributed by atoms with Crippen LogP contribution in [0.3, 0.4) is 0 Å². The van der Waals surface area contributed by atoms with Gasteiger partial charge in [0, 0.05) is 12.1 Å². The van der Waals surface area contributed by atoms with Crippen molar-refractivity contribution in [1.82, 2.24) is 5.32 Å². The van der Waals surface area contributed by atoms with Crippen molar-refractivity contribution >= 4 is 0 Å². The summed E-state index contributed by atoms with van der Waals surface area (Å²) in [6.07, 6.45) is 4.22. The zero-order valence-corrected chi connectivity index (χ0v) is 8.62. The van der Waals surface area contributed by atoms with Crippen LogP contribution in [0.4, 0.5) is 0 Å². The molecule has 2 rings (SSSR count). The van der Waals surface area contributed by atoms with Gasteiger partial charge in [0.2, 0.25) is 0 Å². The van der Waals surface area contributed by atoms with Gasteiger partial charge in [-0.05, 0) is 32.4 Å². The van der Waals surface area contributed by atoms with Gasteiger partial charge in [0.15, 0.2) is 0 Å². The lowest BCUT2D eigenvalue weighted by atomic mass is 9.96. The standard InChI is InChI=1S/C12H17NO/c1-13-9-10-5-2-3-8-12(10)14-11-6-4-7-11/h2-3,5,8,11,13H,4,6-7,9H2,1H3. The van der Waals surface area contributed by atoms with Gasteiger partial charge in [-0.15, -0.1) is 0 Å². The minimum Gasteiger partial charge on any atom is -0.490 e. The van der Waals surface area contributed by atoms with Gasteiger partial charge in [0.05, 0.1) is 6.10 Å². The molecule has 0 unspecified atom stereocenters. The minimum atomic E-state index is 0.466. The highest BCUT2D eigenvalue weighted by Crippen LogP contribution is 2.27. The predicted octanol–water partition coefficient (Wildman–Crippen LogP) is 2.34. The van der Waals surface area contributed by atoms with Crippen molar-refractivity contribution in [3.05, 3.63) is 29.8 Å². The van der Waals surface area contributed by atoms with Crippen LogP contribution in [0, 0.1) is 0 Å². The number of hydrogen-bond acceptors (Lipinski definition) is 2. The lowest BCUT2D eigenvalue weighted by Crippen LogP contribution is -2.25. The van der Waals surface area contributed by atoms with E-state index < -0.39 is 0 Å². The molecular weight excluding hydrogens is 174 g/mol. The van der Waals surface area contributed by atoms with E-state index in [9.17, 15) is 0 Å². The molecule has 1 aromatic carbocycles. The second kappa shape index (κ2) is 4.47. The highest BCUT2D eigenvalue weighted by molar-refractivity contribution is 5.33. The molecule has 1 aliphatic carbocycles. The molecule has 0 atom stereocenters. The van der Waals surface area contributed by atoms with Crippen molar-refractivity contribution in [2.75, 3.05) is 7.05 Å². The largest absolute Gasteiger partial charge is 0.490 e. The Hall–Kier alpha value is -1.02. The molecule has 2 nitrogen and oxygen atoms in total. The van der Waals surface area contributed by atoms with E-state index in [4.69, 9.17) is 4.74 Å². The molecular formula is C12H17NO. The maximum atomic E-state index is 5.89.